The fourth-order valence-electron chi connectivity index (χ4n) is 3.32. The number of halogens is 2. The first kappa shape index (κ1) is 15.6. The maximum Gasteiger partial charge on any atom is 0.405 e. The Morgan fingerprint density at radius 1 is 1.00 bits per heavy atom. The molecular weight excluding hydrogens is 364 g/mol. The number of ether oxygens (including phenoxy) is 1. The minimum Gasteiger partial charge on any atom is -0.437 e. The van der Waals surface area contributed by atoms with Gasteiger partial charge in [-0.15, -0.1) is 0 Å². The summed E-state index contributed by atoms with van der Waals surface area (Å²) in [5.41, 5.74) is 2.77. The average Bonchev–Trinajstić information content (AvgIpc) is 2.79. The largest absolute Gasteiger partial charge is 0.437 e. The fraction of sp³-hybridized carbons (Fsp3) is 0.278. The van der Waals surface area contributed by atoms with E-state index in [1.807, 2.05) is 36.4 Å². The molecule has 0 aromatic heterocycles. The summed E-state index contributed by atoms with van der Waals surface area (Å²) in [6.45, 7) is 0. The van der Waals surface area contributed by atoms with Crippen LogP contribution in [0.5, 0.6) is 0 Å². The van der Waals surface area contributed by atoms with Crippen molar-refractivity contribution in [2.45, 2.75) is 24.9 Å². The van der Waals surface area contributed by atoms with Gasteiger partial charge in [0.25, 0.3) is 0 Å². The Kier molecular flexibility index (Phi) is 4.55. The van der Waals surface area contributed by atoms with Gasteiger partial charge >= 0.3 is 5.43 Å². The van der Waals surface area contributed by atoms with Crippen LogP contribution < -0.4 is 0 Å². The molecule has 114 valence electrons. The van der Waals surface area contributed by atoms with Crippen molar-refractivity contribution in [3.8, 4) is 11.1 Å². The monoisotopic (exact) mass is 378 g/mol. The van der Waals surface area contributed by atoms with Crippen LogP contribution in [0.2, 0.25) is 0 Å². The summed E-state index contributed by atoms with van der Waals surface area (Å²) in [5.74, 6) is 0. The molecule has 0 fully saturated rings. The number of hydrogen-bond acceptors (Lipinski definition) is 2. The van der Waals surface area contributed by atoms with E-state index in [-0.39, 0.29) is 0 Å². The zero-order chi connectivity index (χ0) is 15.6. The fourth-order valence-corrected chi connectivity index (χ4v) is 3.85. The number of unbranched alkanes of at least 4 members (excludes halogenated alkanes) is 1. The number of fused-ring (bicyclic) bond motifs is 3. The van der Waals surface area contributed by atoms with E-state index in [4.69, 9.17) is 16.3 Å². The highest BCUT2D eigenvalue weighted by molar-refractivity contribution is 9.09. The highest BCUT2D eigenvalue weighted by atomic mass is 79.9. The van der Waals surface area contributed by atoms with Gasteiger partial charge in [0.2, 0.25) is 0 Å². The van der Waals surface area contributed by atoms with Crippen molar-refractivity contribution >= 4 is 33.0 Å². The van der Waals surface area contributed by atoms with Gasteiger partial charge in [-0.2, -0.15) is 0 Å². The number of benzene rings is 2. The molecule has 0 atom stereocenters. The SMILES string of the molecule is O=C(Cl)OC1(CCCCBr)c2ccccc2-c2ccccc21. The molecule has 2 aromatic carbocycles. The van der Waals surface area contributed by atoms with Gasteiger partial charge in [-0.1, -0.05) is 64.5 Å². The first-order valence-corrected chi connectivity index (χ1v) is 8.83. The first-order valence-electron chi connectivity index (χ1n) is 7.33. The predicted octanol–water partition coefficient (Wildman–Crippen LogP) is 5.85. The van der Waals surface area contributed by atoms with Crippen LogP contribution in [0.15, 0.2) is 48.5 Å². The third kappa shape index (κ3) is 2.57. The molecule has 0 saturated carbocycles. The summed E-state index contributed by atoms with van der Waals surface area (Å²) in [4.78, 5) is 11.6. The molecule has 0 heterocycles. The molecule has 0 spiro atoms. The number of hydrogen-bond donors (Lipinski definition) is 0. The average molecular weight is 380 g/mol. The molecule has 0 aliphatic heterocycles. The summed E-state index contributed by atoms with van der Waals surface area (Å²) >= 11 is 9.08. The highest BCUT2D eigenvalue weighted by Gasteiger charge is 2.45. The highest BCUT2D eigenvalue weighted by Crippen LogP contribution is 2.52. The smallest absolute Gasteiger partial charge is 0.405 e. The van der Waals surface area contributed by atoms with Gasteiger partial charge in [0, 0.05) is 28.1 Å². The summed E-state index contributed by atoms with van der Waals surface area (Å²) in [6, 6.07) is 16.2. The minimum atomic E-state index is -0.770. The quantitative estimate of drug-likeness (QED) is 0.370. The van der Waals surface area contributed by atoms with Gasteiger partial charge in [-0.3, -0.25) is 0 Å². The Labute approximate surface area is 143 Å². The van der Waals surface area contributed by atoms with E-state index in [1.54, 1.807) is 0 Å². The zero-order valence-electron chi connectivity index (χ0n) is 12.0. The van der Waals surface area contributed by atoms with Crippen molar-refractivity contribution in [1.29, 1.82) is 0 Å². The summed E-state index contributed by atoms with van der Waals surface area (Å²) < 4.78 is 5.71. The van der Waals surface area contributed by atoms with Crippen LogP contribution in [0.3, 0.4) is 0 Å². The Morgan fingerprint density at radius 3 is 2.05 bits per heavy atom. The van der Waals surface area contributed by atoms with Gasteiger partial charge in [0.1, 0.15) is 0 Å². The van der Waals surface area contributed by atoms with Crippen LogP contribution in [0.1, 0.15) is 30.4 Å². The van der Waals surface area contributed by atoms with E-state index in [0.717, 1.165) is 46.8 Å². The molecule has 4 heteroatoms. The van der Waals surface area contributed by atoms with Gasteiger partial charge in [-0.25, -0.2) is 4.79 Å². The lowest BCUT2D eigenvalue weighted by atomic mass is 9.86. The number of alkyl halides is 1. The molecular formula is C18H16BrClO2. The second kappa shape index (κ2) is 6.43. The molecule has 3 rings (SSSR count). The molecule has 2 aromatic rings. The molecule has 0 radical (unpaired) electrons. The van der Waals surface area contributed by atoms with Gasteiger partial charge in [0.05, 0.1) is 0 Å². The molecule has 1 aliphatic rings. The second-order valence-electron chi connectivity index (χ2n) is 5.40. The third-order valence-corrected chi connectivity index (χ3v) is 4.82. The van der Waals surface area contributed by atoms with Gasteiger partial charge < -0.3 is 4.74 Å². The van der Waals surface area contributed by atoms with Crippen LogP contribution in [-0.4, -0.2) is 10.8 Å². The number of carbonyl (C=O) groups is 1. The molecule has 2 nitrogen and oxygen atoms in total. The summed E-state index contributed by atoms with van der Waals surface area (Å²) in [5, 5.41) is 0.932. The van der Waals surface area contributed by atoms with Crippen molar-refractivity contribution in [2.75, 3.05) is 5.33 Å². The van der Waals surface area contributed by atoms with Crippen LogP contribution in [0.4, 0.5) is 4.79 Å². The van der Waals surface area contributed by atoms with Gasteiger partial charge in [0.15, 0.2) is 5.60 Å². The van der Waals surface area contributed by atoms with E-state index in [9.17, 15) is 4.79 Å². The maximum atomic E-state index is 11.6. The van der Waals surface area contributed by atoms with Crippen LogP contribution >= 0.6 is 27.5 Å². The van der Waals surface area contributed by atoms with Crippen molar-refractivity contribution in [2.24, 2.45) is 0 Å². The lowest BCUT2D eigenvalue weighted by molar-refractivity contribution is 0.0517. The Bertz CT molecular complexity index is 653. The number of rotatable bonds is 5. The lowest BCUT2D eigenvalue weighted by Gasteiger charge is -2.30. The summed E-state index contributed by atoms with van der Waals surface area (Å²) in [6.07, 6.45) is 2.69. The molecule has 0 amide bonds. The van der Waals surface area contributed by atoms with Crippen LogP contribution in [-0.2, 0) is 10.3 Å². The molecule has 0 bridgehead atoms. The molecule has 0 unspecified atom stereocenters. The standard InChI is InChI=1S/C18H16BrClO2/c19-12-6-5-11-18(22-17(20)21)15-9-3-1-7-13(15)14-8-2-4-10-16(14)18/h1-4,7-10H,5-6,11-12H2. The Hall–Kier alpha value is -1.32. The van der Waals surface area contributed by atoms with E-state index in [0.29, 0.717) is 0 Å². The van der Waals surface area contributed by atoms with Crippen molar-refractivity contribution < 1.29 is 9.53 Å². The van der Waals surface area contributed by atoms with Crippen molar-refractivity contribution in [1.82, 2.24) is 0 Å². The molecule has 1 aliphatic carbocycles. The second-order valence-corrected chi connectivity index (χ2v) is 6.51. The predicted molar refractivity (Wildman–Crippen MR) is 92.6 cm³/mol. The van der Waals surface area contributed by atoms with Crippen molar-refractivity contribution in [3.05, 3.63) is 59.7 Å². The normalized spacial score (nSPS) is 14.3. The summed E-state index contributed by atoms with van der Waals surface area (Å²) in [7, 11) is 0. The van der Waals surface area contributed by atoms with Crippen molar-refractivity contribution in [3.63, 3.8) is 0 Å². The van der Waals surface area contributed by atoms with E-state index < -0.39 is 11.0 Å². The number of carbonyl (C=O) groups excluding carboxylic acids is 1. The molecule has 0 N–H and O–H groups in total. The van der Waals surface area contributed by atoms with Crippen LogP contribution in [0, 0.1) is 0 Å². The first-order chi connectivity index (χ1) is 10.7. The lowest BCUT2D eigenvalue weighted by Crippen LogP contribution is -2.30. The molecule has 0 saturated heterocycles. The van der Waals surface area contributed by atoms with E-state index in [2.05, 4.69) is 28.1 Å². The topological polar surface area (TPSA) is 26.3 Å². The minimum absolute atomic E-state index is 0.727. The maximum absolute atomic E-state index is 11.6. The zero-order valence-corrected chi connectivity index (χ0v) is 14.4. The third-order valence-electron chi connectivity index (χ3n) is 4.18. The van der Waals surface area contributed by atoms with E-state index in [1.165, 1.54) is 0 Å². The van der Waals surface area contributed by atoms with Crippen LogP contribution in [0.25, 0.3) is 11.1 Å². The molecule has 22 heavy (non-hydrogen) atoms. The Balaban J connectivity index is 2.16. The van der Waals surface area contributed by atoms with Gasteiger partial charge in [-0.05, 0) is 30.4 Å². The Morgan fingerprint density at radius 2 is 1.55 bits per heavy atom. The van der Waals surface area contributed by atoms with E-state index >= 15 is 0 Å².